The largest absolute Gasteiger partial charge is 0.380 e. The average Bonchev–Trinajstić information content (AvgIpc) is 2.94. The van der Waals surface area contributed by atoms with Gasteiger partial charge >= 0.3 is 0 Å². The van der Waals surface area contributed by atoms with Gasteiger partial charge in [-0.1, -0.05) is 12.1 Å². The minimum atomic E-state index is -0.0319. The van der Waals surface area contributed by atoms with Crippen LogP contribution in [0.25, 0.3) is 11.1 Å². The number of aromatic nitrogens is 1. The van der Waals surface area contributed by atoms with E-state index in [1.165, 1.54) is 0 Å². The van der Waals surface area contributed by atoms with E-state index in [9.17, 15) is 4.79 Å². The van der Waals surface area contributed by atoms with E-state index in [2.05, 4.69) is 81.8 Å². The second-order valence-electron chi connectivity index (χ2n) is 9.46. The van der Waals surface area contributed by atoms with Crippen LogP contribution in [0.4, 0.5) is 5.69 Å². The Morgan fingerprint density at radius 3 is 2.14 bits per heavy atom. The average molecular weight is 385 g/mol. The fraction of sp³-hybridized carbons (Fsp3) is 0.522. The quantitative estimate of drug-likeness (QED) is 0.620. The number of nitrogens with zero attached hydrogens (tertiary/aromatic N) is 1. The standard InChI is InChI=1S/C23H36N4O/c1-22(2,3)25-14-8-13-24-21(28)20-15-18(16-27(20)7)17-9-11-19(12-10-17)26-23(4,5)6/h9-12,15-16,25-26H,8,13-14H2,1-7H3,(H,24,28). The van der Waals surface area contributed by atoms with Crippen LogP contribution in [0.1, 0.15) is 58.5 Å². The van der Waals surface area contributed by atoms with Gasteiger partial charge in [-0.2, -0.15) is 0 Å². The van der Waals surface area contributed by atoms with Crippen LogP contribution in [0.2, 0.25) is 0 Å². The molecule has 1 amide bonds. The number of carbonyl (C=O) groups excluding carboxylic acids is 1. The summed E-state index contributed by atoms with van der Waals surface area (Å²) in [4.78, 5) is 12.5. The first-order chi connectivity index (χ1) is 12.9. The molecule has 0 aliphatic heterocycles. The lowest BCUT2D eigenvalue weighted by Gasteiger charge is -2.22. The zero-order chi connectivity index (χ0) is 20.9. The molecule has 0 aliphatic rings. The van der Waals surface area contributed by atoms with E-state index in [1.807, 2.05) is 23.9 Å². The first kappa shape index (κ1) is 22.0. The Morgan fingerprint density at radius 2 is 1.57 bits per heavy atom. The minimum Gasteiger partial charge on any atom is -0.380 e. The van der Waals surface area contributed by atoms with Crippen molar-refractivity contribution in [3.63, 3.8) is 0 Å². The summed E-state index contributed by atoms with van der Waals surface area (Å²) in [6.45, 7) is 14.4. The third-order valence-corrected chi connectivity index (χ3v) is 4.27. The molecule has 0 spiro atoms. The molecular weight excluding hydrogens is 348 g/mol. The molecule has 1 aromatic heterocycles. The summed E-state index contributed by atoms with van der Waals surface area (Å²) in [5.74, 6) is -0.0319. The van der Waals surface area contributed by atoms with E-state index < -0.39 is 0 Å². The zero-order valence-corrected chi connectivity index (χ0v) is 18.4. The van der Waals surface area contributed by atoms with Gasteiger partial charge in [0.05, 0.1) is 0 Å². The second kappa shape index (κ2) is 8.82. The van der Waals surface area contributed by atoms with Crippen molar-refractivity contribution in [2.24, 2.45) is 7.05 Å². The van der Waals surface area contributed by atoms with Crippen molar-refractivity contribution >= 4 is 11.6 Å². The molecule has 3 N–H and O–H groups in total. The molecule has 0 saturated heterocycles. The number of carbonyl (C=O) groups is 1. The maximum atomic E-state index is 12.5. The summed E-state index contributed by atoms with van der Waals surface area (Å²) >= 11 is 0. The highest BCUT2D eigenvalue weighted by Gasteiger charge is 2.14. The van der Waals surface area contributed by atoms with Gasteiger partial charge in [0.2, 0.25) is 0 Å². The van der Waals surface area contributed by atoms with Crippen molar-refractivity contribution in [2.45, 2.75) is 59.0 Å². The minimum absolute atomic E-state index is 0.0297. The fourth-order valence-electron chi connectivity index (χ4n) is 2.97. The number of amides is 1. The lowest BCUT2D eigenvalue weighted by atomic mass is 10.1. The van der Waals surface area contributed by atoms with Crippen molar-refractivity contribution in [1.29, 1.82) is 0 Å². The monoisotopic (exact) mass is 384 g/mol. The Kier molecular flexibility index (Phi) is 6.94. The van der Waals surface area contributed by atoms with Gasteiger partial charge in [-0.25, -0.2) is 0 Å². The lowest BCUT2D eigenvalue weighted by Crippen LogP contribution is -2.38. The molecule has 0 saturated carbocycles. The lowest BCUT2D eigenvalue weighted by molar-refractivity contribution is 0.0945. The van der Waals surface area contributed by atoms with Crippen LogP contribution in [0.5, 0.6) is 0 Å². The number of hydrogen-bond acceptors (Lipinski definition) is 3. The third kappa shape index (κ3) is 7.04. The van der Waals surface area contributed by atoms with Crippen LogP contribution in [0, 0.1) is 0 Å². The molecule has 2 rings (SSSR count). The van der Waals surface area contributed by atoms with Crippen LogP contribution in [0.3, 0.4) is 0 Å². The Morgan fingerprint density at radius 1 is 0.929 bits per heavy atom. The molecule has 0 unspecified atom stereocenters. The predicted molar refractivity (Wildman–Crippen MR) is 119 cm³/mol. The highest BCUT2D eigenvalue weighted by atomic mass is 16.1. The number of hydrogen-bond donors (Lipinski definition) is 3. The zero-order valence-electron chi connectivity index (χ0n) is 18.4. The fourth-order valence-corrected chi connectivity index (χ4v) is 2.97. The Bertz CT molecular complexity index is 776. The summed E-state index contributed by atoms with van der Waals surface area (Å²) in [7, 11) is 1.91. The van der Waals surface area contributed by atoms with E-state index in [1.54, 1.807) is 0 Å². The van der Waals surface area contributed by atoms with Gasteiger partial charge in [0, 0.05) is 42.1 Å². The first-order valence-corrected chi connectivity index (χ1v) is 10.0. The molecular formula is C23H36N4O. The molecule has 5 nitrogen and oxygen atoms in total. The van der Waals surface area contributed by atoms with E-state index >= 15 is 0 Å². The Balaban J connectivity index is 1.95. The third-order valence-electron chi connectivity index (χ3n) is 4.27. The topological polar surface area (TPSA) is 58.1 Å². The van der Waals surface area contributed by atoms with Gasteiger partial charge in [-0.3, -0.25) is 4.79 Å². The maximum Gasteiger partial charge on any atom is 0.267 e. The van der Waals surface area contributed by atoms with Gasteiger partial charge in [-0.05, 0) is 78.3 Å². The highest BCUT2D eigenvalue weighted by Crippen LogP contribution is 2.24. The van der Waals surface area contributed by atoms with Crippen molar-refractivity contribution in [2.75, 3.05) is 18.4 Å². The molecule has 0 radical (unpaired) electrons. The molecule has 0 fully saturated rings. The molecule has 154 valence electrons. The van der Waals surface area contributed by atoms with Gasteiger partial charge in [0.15, 0.2) is 0 Å². The van der Waals surface area contributed by atoms with Gasteiger partial charge in [-0.15, -0.1) is 0 Å². The van der Waals surface area contributed by atoms with E-state index in [-0.39, 0.29) is 17.0 Å². The first-order valence-electron chi connectivity index (χ1n) is 10.0. The number of aryl methyl sites for hydroxylation is 1. The molecule has 0 aliphatic carbocycles. The Hall–Kier alpha value is -2.27. The van der Waals surface area contributed by atoms with E-state index in [0.717, 1.165) is 29.8 Å². The molecule has 5 heteroatoms. The smallest absolute Gasteiger partial charge is 0.267 e. The molecule has 28 heavy (non-hydrogen) atoms. The second-order valence-corrected chi connectivity index (χ2v) is 9.46. The van der Waals surface area contributed by atoms with Crippen molar-refractivity contribution in [3.05, 3.63) is 42.2 Å². The number of benzene rings is 1. The van der Waals surface area contributed by atoms with E-state index in [4.69, 9.17) is 0 Å². The summed E-state index contributed by atoms with van der Waals surface area (Å²) in [6, 6.07) is 10.3. The molecule has 0 atom stereocenters. The molecule has 1 heterocycles. The highest BCUT2D eigenvalue weighted by molar-refractivity contribution is 5.94. The van der Waals surface area contributed by atoms with Gasteiger partial charge in [0.1, 0.15) is 5.69 Å². The normalized spacial score (nSPS) is 12.1. The summed E-state index contributed by atoms with van der Waals surface area (Å²) < 4.78 is 1.89. The summed E-state index contributed by atoms with van der Waals surface area (Å²) in [5, 5.41) is 9.91. The molecule has 0 bridgehead atoms. The van der Waals surface area contributed by atoms with Crippen LogP contribution >= 0.6 is 0 Å². The molecule has 1 aromatic carbocycles. The number of anilines is 1. The van der Waals surface area contributed by atoms with Gasteiger partial charge in [0.25, 0.3) is 5.91 Å². The van der Waals surface area contributed by atoms with Crippen molar-refractivity contribution < 1.29 is 4.79 Å². The van der Waals surface area contributed by atoms with Crippen LogP contribution < -0.4 is 16.0 Å². The van der Waals surface area contributed by atoms with Crippen molar-refractivity contribution in [3.8, 4) is 11.1 Å². The van der Waals surface area contributed by atoms with Crippen LogP contribution in [-0.4, -0.2) is 34.6 Å². The van der Waals surface area contributed by atoms with Crippen molar-refractivity contribution in [1.82, 2.24) is 15.2 Å². The summed E-state index contributed by atoms with van der Waals surface area (Å²) in [6.07, 6.45) is 2.91. The Labute approximate surface area is 169 Å². The maximum absolute atomic E-state index is 12.5. The summed E-state index contributed by atoms with van der Waals surface area (Å²) in [5.41, 5.74) is 4.05. The van der Waals surface area contributed by atoms with Gasteiger partial charge < -0.3 is 20.5 Å². The van der Waals surface area contributed by atoms with Crippen LogP contribution in [-0.2, 0) is 7.05 Å². The van der Waals surface area contributed by atoms with Crippen LogP contribution in [0.15, 0.2) is 36.5 Å². The SMILES string of the molecule is Cn1cc(-c2ccc(NC(C)(C)C)cc2)cc1C(=O)NCCCNC(C)(C)C. The predicted octanol–water partition coefficient (Wildman–Crippen LogP) is 4.41. The number of rotatable bonds is 7. The number of nitrogens with one attached hydrogen (secondary N) is 3. The van der Waals surface area contributed by atoms with E-state index in [0.29, 0.717) is 12.2 Å². The molecule has 2 aromatic rings.